The summed E-state index contributed by atoms with van der Waals surface area (Å²) in [5.74, 6) is -0.996. The van der Waals surface area contributed by atoms with Gasteiger partial charge in [0.05, 0.1) is 12.2 Å². The van der Waals surface area contributed by atoms with Crippen LogP contribution < -0.4 is 0 Å². The van der Waals surface area contributed by atoms with E-state index < -0.39 is 30.8 Å². The van der Waals surface area contributed by atoms with Crippen molar-refractivity contribution in [3.05, 3.63) is 35.4 Å². The van der Waals surface area contributed by atoms with E-state index in [1.54, 1.807) is 24.3 Å². The molecule has 0 saturated carbocycles. The third-order valence-corrected chi connectivity index (χ3v) is 2.56. The summed E-state index contributed by atoms with van der Waals surface area (Å²) in [7, 11) is 0. The maximum Gasteiger partial charge on any atom is 0.339 e. The number of hydrogen-bond acceptors (Lipinski definition) is 5. The SMILES string of the molecule is CC(=O)O[C@H]1c2ccccc2C(=O)O[C@H]1CO. The molecular formula is C12H12O5. The average Bonchev–Trinajstić information content (AvgIpc) is 2.32. The molecule has 0 amide bonds. The molecule has 0 aromatic heterocycles. The number of ether oxygens (including phenoxy) is 2. The van der Waals surface area contributed by atoms with Gasteiger partial charge in [-0.05, 0) is 6.07 Å². The minimum absolute atomic E-state index is 0.364. The molecule has 0 bridgehead atoms. The van der Waals surface area contributed by atoms with Crippen molar-refractivity contribution in [3.63, 3.8) is 0 Å². The Morgan fingerprint density at radius 3 is 2.82 bits per heavy atom. The highest BCUT2D eigenvalue weighted by molar-refractivity contribution is 5.92. The second kappa shape index (κ2) is 4.55. The fourth-order valence-electron chi connectivity index (χ4n) is 1.85. The summed E-state index contributed by atoms with van der Waals surface area (Å²) in [6.07, 6.45) is -1.59. The maximum absolute atomic E-state index is 11.6. The monoisotopic (exact) mass is 236 g/mol. The van der Waals surface area contributed by atoms with E-state index in [0.29, 0.717) is 11.1 Å². The zero-order chi connectivity index (χ0) is 12.4. The third-order valence-electron chi connectivity index (χ3n) is 2.56. The second-order valence-corrected chi connectivity index (χ2v) is 3.74. The van der Waals surface area contributed by atoms with Crippen LogP contribution in [0.25, 0.3) is 0 Å². The molecule has 1 aliphatic heterocycles. The Morgan fingerprint density at radius 1 is 1.47 bits per heavy atom. The summed E-state index contributed by atoms with van der Waals surface area (Å²) in [6, 6.07) is 6.72. The molecule has 90 valence electrons. The minimum atomic E-state index is -0.846. The van der Waals surface area contributed by atoms with Gasteiger partial charge in [0.2, 0.25) is 0 Å². The summed E-state index contributed by atoms with van der Waals surface area (Å²) in [6.45, 7) is 0.880. The molecule has 0 aliphatic carbocycles. The third kappa shape index (κ3) is 2.14. The highest BCUT2D eigenvalue weighted by Crippen LogP contribution is 2.32. The van der Waals surface area contributed by atoms with Crippen LogP contribution in [0.5, 0.6) is 0 Å². The lowest BCUT2D eigenvalue weighted by Crippen LogP contribution is -2.36. The number of aliphatic hydroxyl groups is 1. The highest BCUT2D eigenvalue weighted by Gasteiger charge is 2.37. The van der Waals surface area contributed by atoms with E-state index in [-0.39, 0.29) is 0 Å². The van der Waals surface area contributed by atoms with Gasteiger partial charge in [-0.25, -0.2) is 4.79 Å². The molecule has 5 nitrogen and oxygen atoms in total. The van der Waals surface area contributed by atoms with E-state index in [0.717, 1.165) is 0 Å². The summed E-state index contributed by atoms with van der Waals surface area (Å²) >= 11 is 0. The number of carbonyl (C=O) groups is 2. The van der Waals surface area contributed by atoms with Gasteiger partial charge in [0.1, 0.15) is 0 Å². The Labute approximate surface area is 98.0 Å². The molecule has 0 saturated heterocycles. The zero-order valence-electron chi connectivity index (χ0n) is 9.25. The predicted molar refractivity (Wildman–Crippen MR) is 57.2 cm³/mol. The van der Waals surface area contributed by atoms with E-state index in [9.17, 15) is 9.59 Å². The molecule has 0 fully saturated rings. The molecule has 0 spiro atoms. The Bertz CT molecular complexity index is 454. The molecule has 1 aliphatic rings. The van der Waals surface area contributed by atoms with Crippen LogP contribution in [0.3, 0.4) is 0 Å². The van der Waals surface area contributed by atoms with E-state index >= 15 is 0 Å². The minimum Gasteiger partial charge on any atom is -0.454 e. The number of rotatable bonds is 2. The molecule has 1 aromatic rings. The number of cyclic esters (lactones) is 1. The van der Waals surface area contributed by atoms with Crippen LogP contribution in [0.1, 0.15) is 28.9 Å². The van der Waals surface area contributed by atoms with Crippen LogP contribution in [0.15, 0.2) is 24.3 Å². The fraction of sp³-hybridized carbons (Fsp3) is 0.333. The molecule has 17 heavy (non-hydrogen) atoms. The van der Waals surface area contributed by atoms with Gasteiger partial charge in [-0.2, -0.15) is 0 Å². The molecule has 5 heteroatoms. The Hall–Kier alpha value is -1.88. The van der Waals surface area contributed by atoms with Crippen molar-refractivity contribution in [1.29, 1.82) is 0 Å². The van der Waals surface area contributed by atoms with Crippen molar-refractivity contribution in [3.8, 4) is 0 Å². The fourth-order valence-corrected chi connectivity index (χ4v) is 1.85. The summed E-state index contributed by atoms with van der Waals surface area (Å²) in [4.78, 5) is 22.6. The first-order valence-corrected chi connectivity index (χ1v) is 5.21. The summed E-state index contributed by atoms with van der Waals surface area (Å²) in [5, 5.41) is 9.15. The van der Waals surface area contributed by atoms with Gasteiger partial charge in [0.15, 0.2) is 12.2 Å². The molecule has 2 rings (SSSR count). The quantitative estimate of drug-likeness (QED) is 0.770. The highest BCUT2D eigenvalue weighted by atomic mass is 16.6. The van der Waals surface area contributed by atoms with Crippen LogP contribution in [0.2, 0.25) is 0 Å². The van der Waals surface area contributed by atoms with Gasteiger partial charge in [-0.15, -0.1) is 0 Å². The van der Waals surface area contributed by atoms with Gasteiger partial charge >= 0.3 is 11.9 Å². The Kier molecular flexibility index (Phi) is 3.10. The lowest BCUT2D eigenvalue weighted by molar-refractivity contribution is -0.156. The van der Waals surface area contributed by atoms with Crippen molar-refractivity contribution in [2.45, 2.75) is 19.1 Å². The topological polar surface area (TPSA) is 72.8 Å². The summed E-state index contributed by atoms with van der Waals surface area (Å²) in [5.41, 5.74) is 0.932. The van der Waals surface area contributed by atoms with E-state index in [2.05, 4.69) is 0 Å². The molecule has 1 N–H and O–H groups in total. The van der Waals surface area contributed by atoms with Crippen LogP contribution in [0.4, 0.5) is 0 Å². The Morgan fingerprint density at radius 2 is 2.18 bits per heavy atom. The number of esters is 2. The lowest BCUT2D eigenvalue weighted by Gasteiger charge is -2.30. The van der Waals surface area contributed by atoms with Crippen molar-refractivity contribution in [1.82, 2.24) is 0 Å². The van der Waals surface area contributed by atoms with Gasteiger partial charge in [0, 0.05) is 12.5 Å². The second-order valence-electron chi connectivity index (χ2n) is 3.74. The number of carbonyl (C=O) groups excluding carboxylic acids is 2. The van der Waals surface area contributed by atoms with Gasteiger partial charge in [0.25, 0.3) is 0 Å². The molecule has 1 aromatic carbocycles. The number of aliphatic hydroxyl groups excluding tert-OH is 1. The number of hydrogen-bond donors (Lipinski definition) is 1. The molecule has 1 heterocycles. The largest absolute Gasteiger partial charge is 0.454 e. The predicted octanol–water partition coefficient (Wildman–Crippen LogP) is 0.822. The normalized spacial score (nSPS) is 22.6. The van der Waals surface area contributed by atoms with Crippen LogP contribution >= 0.6 is 0 Å². The Balaban J connectivity index is 2.43. The van der Waals surface area contributed by atoms with E-state index in [4.69, 9.17) is 14.6 Å². The number of benzene rings is 1. The first-order valence-electron chi connectivity index (χ1n) is 5.21. The van der Waals surface area contributed by atoms with Crippen LogP contribution in [-0.2, 0) is 14.3 Å². The zero-order valence-corrected chi connectivity index (χ0v) is 9.25. The van der Waals surface area contributed by atoms with Crippen molar-refractivity contribution < 1.29 is 24.2 Å². The lowest BCUT2D eigenvalue weighted by atomic mass is 9.96. The first kappa shape index (κ1) is 11.6. The van der Waals surface area contributed by atoms with E-state index in [1.807, 2.05) is 0 Å². The smallest absolute Gasteiger partial charge is 0.339 e. The maximum atomic E-state index is 11.6. The van der Waals surface area contributed by atoms with Gasteiger partial charge in [-0.3, -0.25) is 4.79 Å². The summed E-state index contributed by atoms with van der Waals surface area (Å²) < 4.78 is 10.1. The van der Waals surface area contributed by atoms with Crippen LogP contribution in [0, 0.1) is 0 Å². The van der Waals surface area contributed by atoms with Crippen molar-refractivity contribution >= 4 is 11.9 Å². The average molecular weight is 236 g/mol. The van der Waals surface area contributed by atoms with Crippen molar-refractivity contribution in [2.24, 2.45) is 0 Å². The first-order chi connectivity index (χ1) is 8.13. The van der Waals surface area contributed by atoms with E-state index in [1.165, 1.54) is 6.92 Å². The molecular weight excluding hydrogens is 224 g/mol. The van der Waals surface area contributed by atoms with Crippen LogP contribution in [-0.4, -0.2) is 29.8 Å². The standard InChI is InChI=1S/C12H12O5/c1-7(14)16-11-8-4-2-3-5-9(8)12(15)17-10(11)6-13/h2-5,10-11,13H,6H2,1H3/t10-,11-/m0/s1. The van der Waals surface area contributed by atoms with Gasteiger partial charge < -0.3 is 14.6 Å². The molecule has 0 radical (unpaired) electrons. The molecule has 0 unspecified atom stereocenters. The number of fused-ring (bicyclic) bond motifs is 1. The molecule has 2 atom stereocenters. The van der Waals surface area contributed by atoms with Crippen molar-refractivity contribution in [2.75, 3.05) is 6.61 Å². The van der Waals surface area contributed by atoms with Gasteiger partial charge in [-0.1, -0.05) is 18.2 Å².